The molecule has 0 fully saturated rings. The first-order valence-corrected chi connectivity index (χ1v) is 7.80. The van der Waals surface area contributed by atoms with Crippen molar-refractivity contribution in [3.05, 3.63) is 57.2 Å². The maximum atomic E-state index is 13.0. The quantitative estimate of drug-likeness (QED) is 0.406. The summed E-state index contributed by atoms with van der Waals surface area (Å²) in [4.78, 5) is 0. The minimum atomic E-state index is -4.40. The highest BCUT2D eigenvalue weighted by Gasteiger charge is 2.33. The van der Waals surface area contributed by atoms with Crippen LogP contribution in [0.1, 0.15) is 11.1 Å². The molecule has 20 heavy (non-hydrogen) atoms. The molecule has 0 bridgehead atoms. The molecular formula is C14H9BrF3IO. The molecule has 0 saturated carbocycles. The van der Waals surface area contributed by atoms with Gasteiger partial charge in [0.2, 0.25) is 0 Å². The molecule has 0 spiro atoms. The summed E-state index contributed by atoms with van der Waals surface area (Å²) in [5, 5.41) is 0.144. The molecule has 0 aliphatic carbocycles. The van der Waals surface area contributed by atoms with Gasteiger partial charge in [0.1, 0.15) is 11.5 Å². The topological polar surface area (TPSA) is 9.23 Å². The van der Waals surface area contributed by atoms with Crippen molar-refractivity contribution in [2.75, 3.05) is 0 Å². The number of benzene rings is 2. The molecule has 1 nitrogen and oxygen atoms in total. The average Bonchev–Trinajstić information content (AvgIpc) is 2.40. The van der Waals surface area contributed by atoms with Crippen molar-refractivity contribution in [1.29, 1.82) is 0 Å². The molecule has 0 heterocycles. The highest BCUT2D eigenvalue weighted by molar-refractivity contribution is 14.1. The summed E-state index contributed by atoms with van der Waals surface area (Å²) in [7, 11) is 0. The smallest absolute Gasteiger partial charge is 0.416 e. The van der Waals surface area contributed by atoms with Gasteiger partial charge in [-0.25, -0.2) is 0 Å². The van der Waals surface area contributed by atoms with E-state index in [4.69, 9.17) is 4.74 Å². The fourth-order valence-corrected chi connectivity index (χ4v) is 2.64. The maximum Gasteiger partial charge on any atom is 0.416 e. The third-order valence-corrected chi connectivity index (χ3v) is 4.09. The van der Waals surface area contributed by atoms with Crippen LogP contribution in [0, 0.1) is 3.57 Å². The lowest BCUT2D eigenvalue weighted by Crippen LogP contribution is -2.08. The standard InChI is InChI=1S/C14H9BrF3IO/c15-8-9-5-6-10(7-11(9)14(16,17)18)20-13-4-2-1-3-12(13)19/h1-7H,8H2. The minimum Gasteiger partial charge on any atom is -0.456 e. The zero-order valence-corrected chi connectivity index (χ0v) is 13.8. The Bertz CT molecular complexity index is 614. The molecule has 6 heteroatoms. The molecule has 0 aromatic heterocycles. The largest absolute Gasteiger partial charge is 0.456 e. The molecule has 2 aromatic carbocycles. The monoisotopic (exact) mass is 456 g/mol. The molecule has 0 atom stereocenters. The minimum absolute atomic E-state index is 0.144. The Labute approximate surface area is 136 Å². The summed E-state index contributed by atoms with van der Waals surface area (Å²) >= 11 is 5.13. The van der Waals surface area contributed by atoms with Gasteiger partial charge in [-0.3, -0.25) is 0 Å². The first kappa shape index (κ1) is 15.6. The van der Waals surface area contributed by atoms with Crippen molar-refractivity contribution in [3.8, 4) is 11.5 Å². The van der Waals surface area contributed by atoms with Crippen molar-refractivity contribution in [2.24, 2.45) is 0 Å². The second-order valence-electron chi connectivity index (χ2n) is 3.98. The summed E-state index contributed by atoms with van der Waals surface area (Å²) in [6.45, 7) is 0. The van der Waals surface area contributed by atoms with Gasteiger partial charge in [-0.1, -0.05) is 34.1 Å². The van der Waals surface area contributed by atoms with E-state index >= 15 is 0 Å². The predicted molar refractivity (Wildman–Crippen MR) is 83.3 cm³/mol. The van der Waals surface area contributed by atoms with E-state index in [2.05, 4.69) is 38.5 Å². The van der Waals surface area contributed by atoms with Crippen LogP contribution in [0.5, 0.6) is 11.5 Å². The summed E-state index contributed by atoms with van der Waals surface area (Å²) in [6, 6.07) is 11.1. The second-order valence-corrected chi connectivity index (χ2v) is 5.71. The Morgan fingerprint density at radius 3 is 2.40 bits per heavy atom. The Balaban J connectivity index is 2.37. The highest BCUT2D eigenvalue weighted by atomic mass is 127. The molecule has 0 aliphatic heterocycles. The molecule has 0 amide bonds. The molecular weight excluding hydrogens is 448 g/mol. The van der Waals surface area contributed by atoms with Gasteiger partial charge in [-0.2, -0.15) is 13.2 Å². The first-order chi connectivity index (χ1) is 9.41. The number of halogens is 5. The fourth-order valence-electron chi connectivity index (χ4n) is 1.65. The van der Waals surface area contributed by atoms with E-state index in [-0.39, 0.29) is 16.6 Å². The van der Waals surface area contributed by atoms with E-state index < -0.39 is 11.7 Å². The van der Waals surface area contributed by atoms with Crippen LogP contribution in [-0.4, -0.2) is 0 Å². The van der Waals surface area contributed by atoms with E-state index in [1.807, 2.05) is 12.1 Å². The van der Waals surface area contributed by atoms with Crippen LogP contribution in [0.4, 0.5) is 13.2 Å². The lowest BCUT2D eigenvalue weighted by Gasteiger charge is -2.14. The predicted octanol–water partition coefficient (Wildman–Crippen LogP) is 6.00. The van der Waals surface area contributed by atoms with Crippen LogP contribution < -0.4 is 4.74 Å². The Morgan fingerprint density at radius 2 is 1.80 bits per heavy atom. The summed E-state index contributed by atoms with van der Waals surface area (Å²) < 4.78 is 45.2. The van der Waals surface area contributed by atoms with E-state index in [0.29, 0.717) is 5.75 Å². The lowest BCUT2D eigenvalue weighted by atomic mass is 10.1. The second kappa shape index (κ2) is 6.34. The van der Waals surface area contributed by atoms with Crippen LogP contribution in [0.15, 0.2) is 42.5 Å². The summed E-state index contributed by atoms with van der Waals surface area (Å²) in [6.07, 6.45) is -4.40. The third kappa shape index (κ3) is 3.66. The summed E-state index contributed by atoms with van der Waals surface area (Å²) in [5.74, 6) is 0.707. The van der Waals surface area contributed by atoms with Crippen molar-refractivity contribution >= 4 is 38.5 Å². The van der Waals surface area contributed by atoms with Crippen molar-refractivity contribution in [2.45, 2.75) is 11.5 Å². The van der Waals surface area contributed by atoms with E-state index in [1.54, 1.807) is 12.1 Å². The van der Waals surface area contributed by atoms with Gasteiger partial charge in [-0.05, 0) is 52.4 Å². The lowest BCUT2D eigenvalue weighted by molar-refractivity contribution is -0.138. The van der Waals surface area contributed by atoms with Gasteiger partial charge in [0.25, 0.3) is 0 Å². The molecule has 0 saturated heterocycles. The molecule has 0 aliphatic rings. The molecule has 2 rings (SSSR count). The maximum absolute atomic E-state index is 13.0. The molecule has 2 aromatic rings. The number of alkyl halides is 4. The summed E-state index contributed by atoms with van der Waals surface area (Å²) in [5.41, 5.74) is -0.495. The SMILES string of the molecule is FC(F)(F)c1cc(Oc2ccccc2I)ccc1CBr. The number of para-hydroxylation sites is 1. The highest BCUT2D eigenvalue weighted by Crippen LogP contribution is 2.36. The Hall–Kier alpha value is -0.760. The van der Waals surface area contributed by atoms with Crippen molar-refractivity contribution in [1.82, 2.24) is 0 Å². The van der Waals surface area contributed by atoms with Crippen molar-refractivity contribution < 1.29 is 17.9 Å². The van der Waals surface area contributed by atoms with E-state index in [0.717, 1.165) is 9.64 Å². The molecule has 0 unspecified atom stereocenters. The molecule has 0 radical (unpaired) electrons. The van der Waals surface area contributed by atoms with E-state index in [1.165, 1.54) is 12.1 Å². The van der Waals surface area contributed by atoms with Crippen LogP contribution in [0.3, 0.4) is 0 Å². The van der Waals surface area contributed by atoms with E-state index in [9.17, 15) is 13.2 Å². The number of rotatable bonds is 3. The Kier molecular flexibility index (Phi) is 4.95. The van der Waals surface area contributed by atoms with Crippen LogP contribution in [-0.2, 0) is 11.5 Å². The van der Waals surface area contributed by atoms with Gasteiger partial charge >= 0.3 is 6.18 Å². The van der Waals surface area contributed by atoms with Crippen LogP contribution in [0.2, 0.25) is 0 Å². The average molecular weight is 457 g/mol. The number of hydrogen-bond donors (Lipinski definition) is 0. The molecule has 0 N–H and O–H groups in total. The zero-order chi connectivity index (χ0) is 14.8. The first-order valence-electron chi connectivity index (χ1n) is 5.60. The third-order valence-electron chi connectivity index (χ3n) is 2.60. The number of ether oxygens (including phenoxy) is 1. The van der Waals surface area contributed by atoms with Crippen LogP contribution in [0.25, 0.3) is 0 Å². The Morgan fingerprint density at radius 1 is 1.10 bits per heavy atom. The normalized spacial score (nSPS) is 11.4. The van der Waals surface area contributed by atoms with Gasteiger partial charge < -0.3 is 4.74 Å². The van der Waals surface area contributed by atoms with Gasteiger partial charge in [-0.15, -0.1) is 0 Å². The molecule has 106 valence electrons. The van der Waals surface area contributed by atoms with Gasteiger partial charge in [0.05, 0.1) is 9.13 Å². The number of hydrogen-bond acceptors (Lipinski definition) is 1. The fraction of sp³-hybridized carbons (Fsp3) is 0.143. The van der Waals surface area contributed by atoms with Gasteiger partial charge in [0, 0.05) is 5.33 Å². The zero-order valence-electron chi connectivity index (χ0n) is 10.0. The van der Waals surface area contributed by atoms with Crippen molar-refractivity contribution in [3.63, 3.8) is 0 Å². The van der Waals surface area contributed by atoms with Crippen LogP contribution >= 0.6 is 38.5 Å². The van der Waals surface area contributed by atoms with Gasteiger partial charge in [0.15, 0.2) is 0 Å².